The van der Waals surface area contributed by atoms with Crippen LogP contribution < -0.4 is 5.32 Å². The van der Waals surface area contributed by atoms with Crippen molar-refractivity contribution in [2.45, 2.75) is 321 Å². The summed E-state index contributed by atoms with van der Waals surface area (Å²) in [4.78, 5) is 12.5. The van der Waals surface area contributed by atoms with Gasteiger partial charge in [0.05, 0.1) is 18.8 Å². The molecule has 0 aromatic heterocycles. The van der Waals surface area contributed by atoms with Crippen molar-refractivity contribution < 1.29 is 25.2 Å². The molecule has 0 spiro atoms. The minimum Gasteiger partial charge on any atom is -0.394 e. The minimum atomic E-state index is -1.25. The number of unbranched alkanes of at least 4 members (excludes halogenated alkanes) is 39. The zero-order valence-corrected chi connectivity index (χ0v) is 40.5. The van der Waals surface area contributed by atoms with Crippen molar-refractivity contribution in [1.82, 2.24) is 5.32 Å². The van der Waals surface area contributed by atoms with Crippen LogP contribution >= 0.6 is 0 Å². The van der Waals surface area contributed by atoms with Gasteiger partial charge in [0.25, 0.3) is 0 Å². The Kier molecular flexibility index (Phi) is 48.3. The van der Waals surface area contributed by atoms with Gasteiger partial charge in [-0.3, -0.25) is 4.79 Å². The van der Waals surface area contributed by atoms with E-state index in [0.717, 1.165) is 38.5 Å². The number of rotatable bonds is 50. The first-order valence-corrected chi connectivity index (χ1v) is 27.1. The Bertz CT molecular complexity index is 867. The molecule has 0 fully saturated rings. The van der Waals surface area contributed by atoms with Crippen molar-refractivity contribution in [3.05, 3.63) is 12.2 Å². The largest absolute Gasteiger partial charge is 0.394 e. The number of hydrogen-bond acceptors (Lipinski definition) is 5. The van der Waals surface area contributed by atoms with E-state index < -0.39 is 36.9 Å². The maximum atomic E-state index is 12.5. The molecule has 0 heterocycles. The van der Waals surface area contributed by atoms with Crippen LogP contribution in [-0.2, 0) is 4.79 Å². The Morgan fingerprint density at radius 2 is 0.667 bits per heavy atom. The summed E-state index contributed by atoms with van der Waals surface area (Å²) in [6.07, 6.45) is 57.2. The van der Waals surface area contributed by atoms with Crippen LogP contribution in [0.5, 0.6) is 0 Å². The van der Waals surface area contributed by atoms with Crippen LogP contribution in [0.2, 0.25) is 0 Å². The quantitative estimate of drug-likeness (QED) is 0.0309. The van der Waals surface area contributed by atoms with Crippen molar-refractivity contribution in [2.24, 2.45) is 0 Å². The molecular formula is C54H107NO5. The summed E-state index contributed by atoms with van der Waals surface area (Å²) in [5, 5.41) is 43.8. The molecule has 0 aliphatic carbocycles. The molecule has 5 N–H and O–H groups in total. The first kappa shape index (κ1) is 59.0. The Hall–Kier alpha value is -0.950. The minimum absolute atomic E-state index is 0.373. The highest BCUT2D eigenvalue weighted by Gasteiger charge is 2.28. The van der Waals surface area contributed by atoms with Crippen LogP contribution in [0.1, 0.15) is 296 Å². The van der Waals surface area contributed by atoms with Gasteiger partial charge in [-0.25, -0.2) is 0 Å². The van der Waals surface area contributed by atoms with Gasteiger partial charge in [0.15, 0.2) is 0 Å². The fourth-order valence-electron chi connectivity index (χ4n) is 8.70. The summed E-state index contributed by atoms with van der Waals surface area (Å²) in [6.45, 7) is 4.07. The molecule has 0 saturated carbocycles. The molecule has 1 amide bonds. The molecule has 0 aliphatic rings. The van der Waals surface area contributed by atoms with Gasteiger partial charge < -0.3 is 25.7 Å². The third kappa shape index (κ3) is 42.4. The summed E-state index contributed by atoms with van der Waals surface area (Å²) in [6, 6.07) is -0.981. The standard InChI is InChI=1S/C54H107NO5/c1-3-5-7-9-11-13-15-17-18-19-20-21-22-23-24-25-26-27-28-29-30-31-32-33-34-35-36-38-40-42-44-46-48-52(58)54(60)55-50(49-56)53(59)51(57)47-45-43-41-39-37-16-14-12-10-8-6-4-2/h23-24,50-53,56-59H,3-22,25-49H2,1-2H3,(H,55,60)/b24-23-. The number of carbonyl (C=O) groups is 1. The maximum Gasteiger partial charge on any atom is 0.249 e. The normalized spacial score (nSPS) is 13.9. The summed E-state index contributed by atoms with van der Waals surface area (Å²) in [5.74, 6) is -0.580. The van der Waals surface area contributed by atoms with E-state index in [1.54, 1.807) is 0 Å². The number of allylic oxidation sites excluding steroid dienone is 2. The van der Waals surface area contributed by atoms with Crippen molar-refractivity contribution >= 4 is 5.91 Å². The van der Waals surface area contributed by atoms with E-state index in [1.807, 2.05) is 0 Å². The molecule has 0 saturated heterocycles. The Morgan fingerprint density at radius 3 is 0.967 bits per heavy atom. The number of hydrogen-bond donors (Lipinski definition) is 5. The lowest BCUT2D eigenvalue weighted by Gasteiger charge is -2.27. The first-order valence-electron chi connectivity index (χ1n) is 27.1. The molecule has 4 atom stereocenters. The number of amides is 1. The highest BCUT2D eigenvalue weighted by molar-refractivity contribution is 5.80. The van der Waals surface area contributed by atoms with E-state index in [-0.39, 0.29) is 0 Å². The number of nitrogens with one attached hydrogen (secondary N) is 1. The van der Waals surface area contributed by atoms with E-state index in [0.29, 0.717) is 12.8 Å². The lowest BCUT2D eigenvalue weighted by molar-refractivity contribution is -0.132. The molecule has 4 unspecified atom stereocenters. The third-order valence-corrected chi connectivity index (χ3v) is 13.0. The molecule has 6 nitrogen and oxygen atoms in total. The smallest absolute Gasteiger partial charge is 0.249 e. The van der Waals surface area contributed by atoms with Gasteiger partial charge in [-0.05, 0) is 38.5 Å². The average Bonchev–Trinajstić information content (AvgIpc) is 3.25. The van der Waals surface area contributed by atoms with Crippen LogP contribution in [0.15, 0.2) is 12.2 Å². The predicted octanol–water partition coefficient (Wildman–Crippen LogP) is 15.3. The molecule has 6 heteroatoms. The lowest BCUT2D eigenvalue weighted by atomic mass is 9.99. The molecule has 60 heavy (non-hydrogen) atoms. The van der Waals surface area contributed by atoms with Crippen LogP contribution in [0.4, 0.5) is 0 Å². The molecule has 0 aliphatic heterocycles. The van der Waals surface area contributed by atoms with Crippen LogP contribution in [-0.4, -0.2) is 57.3 Å². The van der Waals surface area contributed by atoms with E-state index in [2.05, 4.69) is 31.3 Å². The van der Waals surface area contributed by atoms with Crippen LogP contribution in [0.25, 0.3) is 0 Å². The Morgan fingerprint density at radius 1 is 0.400 bits per heavy atom. The van der Waals surface area contributed by atoms with Gasteiger partial charge in [-0.15, -0.1) is 0 Å². The number of aliphatic hydroxyl groups is 4. The highest BCUT2D eigenvalue weighted by atomic mass is 16.3. The average molecular weight is 850 g/mol. The van der Waals surface area contributed by atoms with E-state index in [4.69, 9.17) is 0 Å². The monoisotopic (exact) mass is 850 g/mol. The predicted molar refractivity (Wildman–Crippen MR) is 261 cm³/mol. The van der Waals surface area contributed by atoms with Gasteiger partial charge in [-0.2, -0.15) is 0 Å². The van der Waals surface area contributed by atoms with Crippen molar-refractivity contribution in [3.8, 4) is 0 Å². The molecular weight excluding hydrogens is 743 g/mol. The topological polar surface area (TPSA) is 110 Å². The van der Waals surface area contributed by atoms with Crippen molar-refractivity contribution in [3.63, 3.8) is 0 Å². The molecule has 0 radical (unpaired) electrons. The summed E-state index contributed by atoms with van der Waals surface area (Å²) < 4.78 is 0. The fraction of sp³-hybridized carbons (Fsp3) is 0.944. The Labute approximate surface area is 374 Å². The number of aliphatic hydroxyl groups excluding tert-OH is 4. The zero-order valence-electron chi connectivity index (χ0n) is 40.5. The summed E-state index contributed by atoms with van der Waals surface area (Å²) >= 11 is 0. The van der Waals surface area contributed by atoms with Crippen molar-refractivity contribution in [1.29, 1.82) is 0 Å². The molecule has 0 aromatic carbocycles. The van der Waals surface area contributed by atoms with Gasteiger partial charge in [0.1, 0.15) is 12.2 Å². The Balaban J connectivity index is 3.53. The van der Waals surface area contributed by atoms with Crippen LogP contribution in [0, 0.1) is 0 Å². The second-order valence-corrected chi connectivity index (χ2v) is 18.9. The zero-order chi connectivity index (χ0) is 43.8. The maximum absolute atomic E-state index is 12.5. The highest BCUT2D eigenvalue weighted by Crippen LogP contribution is 2.18. The molecule has 0 bridgehead atoms. The second-order valence-electron chi connectivity index (χ2n) is 18.9. The lowest BCUT2D eigenvalue weighted by Crippen LogP contribution is -2.53. The van der Waals surface area contributed by atoms with Crippen molar-refractivity contribution in [2.75, 3.05) is 6.61 Å². The van der Waals surface area contributed by atoms with Gasteiger partial charge >= 0.3 is 0 Å². The summed E-state index contributed by atoms with van der Waals surface area (Å²) in [5.41, 5.74) is 0. The van der Waals surface area contributed by atoms with E-state index >= 15 is 0 Å². The number of carbonyl (C=O) groups excluding carboxylic acids is 1. The first-order chi connectivity index (χ1) is 29.5. The molecule has 358 valence electrons. The van der Waals surface area contributed by atoms with E-state index in [9.17, 15) is 25.2 Å². The molecule has 0 rings (SSSR count). The fourth-order valence-corrected chi connectivity index (χ4v) is 8.70. The molecule has 0 aromatic rings. The SMILES string of the molecule is CCCCCCCCCCCCCC/C=C\CCCCCCCCCCCCCCCCCCC(O)C(=O)NC(CO)C(O)C(O)CCCCCCCCCCCCCC. The van der Waals surface area contributed by atoms with Gasteiger partial charge in [-0.1, -0.05) is 270 Å². The van der Waals surface area contributed by atoms with Gasteiger partial charge in [0, 0.05) is 0 Å². The van der Waals surface area contributed by atoms with E-state index in [1.165, 1.54) is 231 Å². The van der Waals surface area contributed by atoms with Crippen LogP contribution in [0.3, 0.4) is 0 Å². The summed E-state index contributed by atoms with van der Waals surface area (Å²) in [7, 11) is 0. The van der Waals surface area contributed by atoms with Gasteiger partial charge in [0.2, 0.25) is 5.91 Å². The third-order valence-electron chi connectivity index (χ3n) is 13.0. The second kappa shape index (κ2) is 49.1.